The molecule has 1 N–H and O–H groups in total. The first-order valence-corrected chi connectivity index (χ1v) is 17.6. The lowest BCUT2D eigenvalue weighted by molar-refractivity contribution is -0.178. The summed E-state index contributed by atoms with van der Waals surface area (Å²) in [7, 11) is 4.66. The molecule has 51 heavy (non-hydrogen) atoms. The quantitative estimate of drug-likeness (QED) is 0.182. The van der Waals surface area contributed by atoms with Crippen molar-refractivity contribution in [2.24, 2.45) is 5.41 Å². The molecule has 0 bridgehead atoms. The summed E-state index contributed by atoms with van der Waals surface area (Å²) in [5.41, 5.74) is 3.43. The Morgan fingerprint density at radius 2 is 1.59 bits per heavy atom. The van der Waals surface area contributed by atoms with E-state index < -0.39 is 17.6 Å². The largest absolute Gasteiger partial charge is 0.496 e. The zero-order valence-corrected chi connectivity index (χ0v) is 32.0. The minimum atomic E-state index is -2.47. The molecule has 0 unspecified atom stereocenters. The number of nitrogens with one attached hydrogen (secondary N) is 1. The summed E-state index contributed by atoms with van der Waals surface area (Å²) in [5.74, 6) is -2.02. The zero-order chi connectivity index (χ0) is 37.7. The van der Waals surface area contributed by atoms with Gasteiger partial charge >= 0.3 is 12.1 Å². The molecule has 1 aliphatic heterocycles. The highest BCUT2D eigenvalue weighted by Crippen LogP contribution is 2.57. The zero-order valence-electron chi connectivity index (χ0n) is 32.0. The lowest BCUT2D eigenvalue weighted by Gasteiger charge is -2.51. The van der Waals surface area contributed by atoms with Crippen molar-refractivity contribution in [3.63, 3.8) is 0 Å². The fourth-order valence-electron chi connectivity index (χ4n) is 6.35. The molecule has 11 heteroatoms. The van der Waals surface area contributed by atoms with E-state index in [1.807, 2.05) is 73.6 Å². The minimum Gasteiger partial charge on any atom is -0.496 e. The number of benzene rings is 2. The predicted octanol–water partition coefficient (Wildman–Crippen LogP) is 9.97. The topological polar surface area (TPSA) is 91.3 Å². The first-order valence-electron chi connectivity index (χ1n) is 17.6. The van der Waals surface area contributed by atoms with Crippen LogP contribution in [0, 0.1) is 12.3 Å². The van der Waals surface area contributed by atoms with E-state index >= 15 is 0 Å². The lowest BCUT2D eigenvalue weighted by Crippen LogP contribution is -2.52. The molecule has 1 spiro atoms. The van der Waals surface area contributed by atoms with Gasteiger partial charge in [-0.2, -0.15) is 0 Å². The lowest BCUT2D eigenvalue weighted by atomic mass is 9.61. The molecule has 2 heterocycles. The van der Waals surface area contributed by atoms with Crippen molar-refractivity contribution >= 4 is 28.7 Å². The van der Waals surface area contributed by atoms with Gasteiger partial charge in [0.15, 0.2) is 0 Å². The van der Waals surface area contributed by atoms with E-state index in [9.17, 15) is 18.4 Å². The SMILES string of the molecule is C.CC.CC.COCCNc1cccc(C(=O)OC)c1.COc1cc(C)c2c(ccn2C(=O)OC(C)(C)C)c1CN1CCC2(CC1)CC(F)(F)C2. The van der Waals surface area contributed by atoms with Gasteiger partial charge < -0.3 is 24.3 Å². The second kappa shape index (κ2) is 20.4. The Balaban J connectivity index is 0.000000550. The van der Waals surface area contributed by atoms with E-state index in [0.717, 1.165) is 59.4 Å². The molecule has 1 aromatic heterocycles. The molecule has 1 aliphatic carbocycles. The van der Waals surface area contributed by atoms with E-state index in [1.54, 1.807) is 43.2 Å². The molecule has 9 nitrogen and oxygen atoms in total. The third-order valence-corrected chi connectivity index (χ3v) is 8.52. The number of methoxy groups -OCH3 is 3. The normalized spacial score (nSPS) is 15.6. The molecule has 1 saturated heterocycles. The van der Waals surface area contributed by atoms with E-state index in [4.69, 9.17) is 14.2 Å². The number of nitrogens with zero attached hydrogens (tertiary/aromatic N) is 2. The highest BCUT2D eigenvalue weighted by Gasteiger charge is 2.56. The smallest absolute Gasteiger partial charge is 0.419 e. The number of anilines is 1. The van der Waals surface area contributed by atoms with Crippen LogP contribution in [0.25, 0.3) is 10.9 Å². The summed E-state index contributed by atoms with van der Waals surface area (Å²) in [6.45, 7) is 19.1. The number of likely N-dealkylation sites (tertiary alicyclic amines) is 1. The van der Waals surface area contributed by atoms with Crippen LogP contribution in [0.15, 0.2) is 42.6 Å². The molecule has 5 rings (SSSR count). The van der Waals surface area contributed by atoms with Gasteiger partial charge in [0.05, 0.1) is 31.9 Å². The number of halogens is 2. The van der Waals surface area contributed by atoms with Gasteiger partial charge in [0, 0.05) is 55.9 Å². The minimum absolute atomic E-state index is 0. The number of hydrogen-bond donors (Lipinski definition) is 1. The van der Waals surface area contributed by atoms with Gasteiger partial charge in [0.25, 0.3) is 0 Å². The van der Waals surface area contributed by atoms with Gasteiger partial charge in [-0.1, -0.05) is 41.2 Å². The predicted molar refractivity (Wildman–Crippen MR) is 204 cm³/mol. The Labute approximate surface area is 305 Å². The summed E-state index contributed by atoms with van der Waals surface area (Å²) in [4.78, 5) is 26.3. The molecule has 288 valence electrons. The Bertz CT molecular complexity index is 1510. The average molecular weight is 720 g/mol. The summed E-state index contributed by atoms with van der Waals surface area (Å²) < 4.78 is 49.2. The molecule has 0 atom stereocenters. The molecule has 3 aromatic rings. The molecule has 2 aliphatic rings. The number of hydrogen-bond acceptors (Lipinski definition) is 8. The molecular formula is C40H63F2N3O6. The number of esters is 1. The van der Waals surface area contributed by atoms with Crippen LogP contribution in [0.5, 0.6) is 5.75 Å². The number of aryl methyl sites for hydroxylation is 1. The first-order chi connectivity index (χ1) is 23.7. The van der Waals surface area contributed by atoms with Crippen LogP contribution < -0.4 is 10.1 Å². The van der Waals surface area contributed by atoms with E-state index in [-0.39, 0.29) is 31.7 Å². The fraction of sp³-hybridized carbons (Fsp3) is 0.600. The Morgan fingerprint density at radius 3 is 2.12 bits per heavy atom. The summed E-state index contributed by atoms with van der Waals surface area (Å²) in [5, 5.41) is 4.09. The highest BCUT2D eigenvalue weighted by molar-refractivity contribution is 5.95. The van der Waals surface area contributed by atoms with Gasteiger partial charge in [0.2, 0.25) is 5.92 Å². The summed E-state index contributed by atoms with van der Waals surface area (Å²) in [6.07, 6.45) is 3.01. The fourth-order valence-corrected chi connectivity index (χ4v) is 6.35. The average Bonchev–Trinajstić information content (AvgIpc) is 3.54. The maximum absolute atomic E-state index is 13.4. The van der Waals surface area contributed by atoms with E-state index in [2.05, 4.69) is 15.0 Å². The number of alkyl halides is 2. The van der Waals surface area contributed by atoms with Gasteiger partial charge in [-0.25, -0.2) is 18.4 Å². The Hall–Kier alpha value is -3.70. The molecular weight excluding hydrogens is 656 g/mol. The number of rotatable bonds is 8. The van der Waals surface area contributed by atoms with Crippen LogP contribution in [0.3, 0.4) is 0 Å². The van der Waals surface area contributed by atoms with Crippen LogP contribution in [0.2, 0.25) is 0 Å². The second-order valence-corrected chi connectivity index (χ2v) is 13.3. The molecule has 2 fully saturated rings. The van der Waals surface area contributed by atoms with E-state index in [0.29, 0.717) is 25.3 Å². The van der Waals surface area contributed by atoms with Gasteiger partial charge in [-0.3, -0.25) is 9.47 Å². The first kappa shape index (κ1) is 45.3. The number of carbonyl (C=O) groups excluding carboxylic acids is 2. The number of ether oxygens (including phenoxy) is 4. The van der Waals surface area contributed by atoms with E-state index in [1.165, 1.54) is 7.11 Å². The van der Waals surface area contributed by atoms with Crippen LogP contribution in [0.1, 0.15) is 103 Å². The number of fused-ring (bicyclic) bond motifs is 1. The number of aromatic nitrogens is 1. The molecule has 1 saturated carbocycles. The summed E-state index contributed by atoms with van der Waals surface area (Å²) in [6, 6.07) is 11.1. The van der Waals surface area contributed by atoms with Crippen molar-refractivity contribution in [3.8, 4) is 5.75 Å². The maximum atomic E-state index is 13.4. The van der Waals surface area contributed by atoms with Crippen LogP contribution in [-0.2, 0) is 20.8 Å². The van der Waals surface area contributed by atoms with Crippen LogP contribution in [-0.4, -0.2) is 80.6 Å². The van der Waals surface area contributed by atoms with Crippen molar-refractivity contribution < 1.29 is 37.3 Å². The highest BCUT2D eigenvalue weighted by atomic mass is 19.3. The third-order valence-electron chi connectivity index (χ3n) is 8.52. The number of carbonyl (C=O) groups is 2. The van der Waals surface area contributed by atoms with Crippen molar-refractivity contribution in [3.05, 3.63) is 59.3 Å². The second-order valence-electron chi connectivity index (χ2n) is 13.3. The Kier molecular flexibility index (Phi) is 18.1. The maximum Gasteiger partial charge on any atom is 0.419 e. The van der Waals surface area contributed by atoms with Crippen molar-refractivity contribution in [1.29, 1.82) is 0 Å². The van der Waals surface area contributed by atoms with Gasteiger partial charge in [0.1, 0.15) is 11.4 Å². The number of piperidine rings is 1. The monoisotopic (exact) mass is 719 g/mol. The molecule has 0 amide bonds. The molecule has 2 aromatic carbocycles. The Morgan fingerprint density at radius 1 is 0.961 bits per heavy atom. The van der Waals surface area contributed by atoms with Crippen molar-refractivity contribution in [2.45, 2.75) is 107 Å². The van der Waals surface area contributed by atoms with Crippen LogP contribution >= 0.6 is 0 Å². The van der Waals surface area contributed by atoms with Gasteiger partial charge in [-0.15, -0.1) is 0 Å². The van der Waals surface area contributed by atoms with Gasteiger partial charge in [-0.05, 0) is 94.9 Å². The molecule has 0 radical (unpaired) electrons. The van der Waals surface area contributed by atoms with Crippen molar-refractivity contribution in [2.75, 3.05) is 52.9 Å². The summed E-state index contributed by atoms with van der Waals surface area (Å²) >= 11 is 0. The van der Waals surface area contributed by atoms with Crippen molar-refractivity contribution in [1.82, 2.24) is 9.47 Å². The van der Waals surface area contributed by atoms with Crippen LogP contribution in [0.4, 0.5) is 19.3 Å². The third kappa shape index (κ3) is 12.5. The standard InChI is InChI=1S/C24H32F2N2O3.C11H15NO3.2C2H6.CH4/c1-16-12-19(30-5)18(13-27-10-7-23(8-11-27)14-24(25,26)15-23)17-6-9-28(20(16)17)21(29)31-22(2,3)4;1-14-7-6-12-10-5-3-4-9(8-10)11(13)15-2;2*1-2;/h6,9,12H,7-8,10-11,13-15H2,1-5H3;3-5,8,12H,6-7H2,1-2H3;2*1-2H3;1H4.